The number of aryl methyl sites for hydroxylation is 1. The van der Waals surface area contributed by atoms with Crippen molar-refractivity contribution in [3.05, 3.63) is 46.7 Å². The van der Waals surface area contributed by atoms with E-state index in [0.29, 0.717) is 17.1 Å². The van der Waals surface area contributed by atoms with Crippen LogP contribution >= 0.6 is 11.3 Å². The molecule has 2 aromatic heterocycles. The van der Waals surface area contributed by atoms with E-state index in [4.69, 9.17) is 4.74 Å². The first kappa shape index (κ1) is 17.1. The van der Waals surface area contributed by atoms with Crippen LogP contribution in [-0.2, 0) is 9.53 Å². The number of benzene rings is 1. The number of ether oxygens (including phenoxy) is 1. The van der Waals surface area contributed by atoms with Gasteiger partial charge in [-0.15, -0.1) is 11.3 Å². The molecule has 0 spiro atoms. The van der Waals surface area contributed by atoms with Gasteiger partial charge in [-0.05, 0) is 44.2 Å². The highest BCUT2D eigenvalue weighted by Crippen LogP contribution is 2.30. The van der Waals surface area contributed by atoms with Gasteiger partial charge in [0.15, 0.2) is 6.61 Å². The van der Waals surface area contributed by atoms with E-state index in [9.17, 15) is 14.0 Å². The quantitative estimate of drug-likeness (QED) is 0.709. The number of nitrogens with one attached hydrogen (secondary N) is 1. The number of esters is 1. The summed E-state index contributed by atoms with van der Waals surface area (Å²) in [6.07, 6.45) is 0. The first-order valence-corrected chi connectivity index (χ1v) is 8.50. The van der Waals surface area contributed by atoms with Gasteiger partial charge in [-0.25, -0.2) is 13.9 Å². The molecule has 0 aliphatic carbocycles. The van der Waals surface area contributed by atoms with Crippen molar-refractivity contribution < 1.29 is 18.7 Å². The van der Waals surface area contributed by atoms with Gasteiger partial charge in [-0.1, -0.05) is 0 Å². The number of hydrogen-bond acceptors (Lipinski definition) is 5. The van der Waals surface area contributed by atoms with E-state index < -0.39 is 5.97 Å². The predicted octanol–water partition coefficient (Wildman–Crippen LogP) is 2.83. The number of thiophene rings is 1. The minimum Gasteiger partial charge on any atom is -0.451 e. The van der Waals surface area contributed by atoms with Crippen molar-refractivity contribution in [2.45, 2.75) is 13.8 Å². The number of halogens is 1. The summed E-state index contributed by atoms with van der Waals surface area (Å²) in [6, 6.07) is 7.64. The second kappa shape index (κ2) is 7.02. The molecule has 0 saturated carbocycles. The first-order valence-electron chi connectivity index (χ1n) is 7.68. The van der Waals surface area contributed by atoms with Gasteiger partial charge in [0, 0.05) is 11.9 Å². The zero-order chi connectivity index (χ0) is 18.0. The summed E-state index contributed by atoms with van der Waals surface area (Å²) in [7, 11) is 0. The Morgan fingerprint density at radius 2 is 2.04 bits per heavy atom. The first-order chi connectivity index (χ1) is 12.0. The number of fused-ring (bicyclic) bond motifs is 1. The van der Waals surface area contributed by atoms with E-state index in [2.05, 4.69) is 10.4 Å². The lowest BCUT2D eigenvalue weighted by Gasteiger charge is -2.03. The Hall–Kier alpha value is -2.74. The SMILES string of the molecule is CCNC(=O)COC(=O)c1cc2c(C)nn(-c3ccc(F)cc3)c2s1. The summed E-state index contributed by atoms with van der Waals surface area (Å²) in [6.45, 7) is 3.78. The molecule has 1 aromatic carbocycles. The van der Waals surface area contributed by atoms with Crippen LogP contribution in [-0.4, -0.2) is 34.8 Å². The smallest absolute Gasteiger partial charge is 0.348 e. The van der Waals surface area contributed by atoms with Gasteiger partial charge in [-0.2, -0.15) is 5.10 Å². The van der Waals surface area contributed by atoms with Gasteiger partial charge in [0.05, 0.1) is 11.4 Å². The molecular weight excluding hydrogens is 345 g/mol. The largest absolute Gasteiger partial charge is 0.451 e. The Bertz CT molecular complexity index is 931. The standard InChI is InChI=1S/C17H16FN3O3S/c1-3-19-15(22)9-24-17(23)14-8-13-10(2)20-21(16(13)25-14)12-6-4-11(18)5-7-12/h4-8H,3,9H2,1-2H3,(H,19,22). The summed E-state index contributed by atoms with van der Waals surface area (Å²) >= 11 is 1.22. The van der Waals surface area contributed by atoms with Crippen LogP contribution < -0.4 is 5.32 Å². The van der Waals surface area contributed by atoms with Crippen LogP contribution in [0, 0.1) is 12.7 Å². The van der Waals surface area contributed by atoms with Crippen LogP contribution in [0.3, 0.4) is 0 Å². The van der Waals surface area contributed by atoms with Gasteiger partial charge in [0.25, 0.3) is 5.91 Å². The zero-order valence-corrected chi connectivity index (χ0v) is 14.5. The van der Waals surface area contributed by atoms with Crippen LogP contribution in [0.4, 0.5) is 4.39 Å². The Balaban J connectivity index is 1.87. The molecule has 0 aliphatic rings. The van der Waals surface area contributed by atoms with E-state index in [0.717, 1.165) is 15.9 Å². The summed E-state index contributed by atoms with van der Waals surface area (Å²) < 4.78 is 19.8. The van der Waals surface area contributed by atoms with E-state index in [-0.39, 0.29) is 18.3 Å². The molecule has 2 heterocycles. The lowest BCUT2D eigenvalue weighted by atomic mass is 10.3. The molecule has 25 heavy (non-hydrogen) atoms. The molecule has 3 aromatic rings. The maximum Gasteiger partial charge on any atom is 0.348 e. The number of rotatable bonds is 5. The van der Waals surface area contributed by atoms with Crippen LogP contribution in [0.5, 0.6) is 0 Å². The molecule has 0 aliphatic heterocycles. The third-order valence-electron chi connectivity index (χ3n) is 3.53. The lowest BCUT2D eigenvalue weighted by Crippen LogP contribution is -2.28. The molecular formula is C17H16FN3O3S. The van der Waals surface area contributed by atoms with Gasteiger partial charge in [0.1, 0.15) is 15.5 Å². The normalized spacial score (nSPS) is 10.8. The summed E-state index contributed by atoms with van der Waals surface area (Å²) in [4.78, 5) is 24.7. The molecule has 3 rings (SSSR count). The van der Waals surface area contributed by atoms with Gasteiger partial charge < -0.3 is 10.1 Å². The molecule has 1 N–H and O–H groups in total. The lowest BCUT2D eigenvalue weighted by molar-refractivity contribution is -0.124. The molecule has 0 unspecified atom stereocenters. The fraction of sp³-hybridized carbons (Fsp3) is 0.235. The minimum absolute atomic E-state index is 0.315. The number of carbonyl (C=O) groups excluding carboxylic acids is 2. The number of hydrogen-bond donors (Lipinski definition) is 1. The Labute approximate surface area is 147 Å². The van der Waals surface area contributed by atoms with E-state index in [1.54, 1.807) is 29.8 Å². The fourth-order valence-electron chi connectivity index (χ4n) is 2.36. The molecule has 0 radical (unpaired) electrons. The molecule has 0 atom stereocenters. The van der Waals surface area contributed by atoms with Crippen molar-refractivity contribution in [1.82, 2.24) is 15.1 Å². The minimum atomic E-state index is -0.558. The highest BCUT2D eigenvalue weighted by Gasteiger charge is 2.18. The van der Waals surface area contributed by atoms with Gasteiger partial charge in [-0.3, -0.25) is 4.79 Å². The maximum atomic E-state index is 13.1. The second-order valence-corrected chi connectivity index (χ2v) is 6.36. The number of carbonyl (C=O) groups is 2. The predicted molar refractivity (Wildman–Crippen MR) is 92.6 cm³/mol. The summed E-state index contributed by atoms with van der Waals surface area (Å²) in [5, 5.41) is 7.82. The highest BCUT2D eigenvalue weighted by atomic mass is 32.1. The van der Waals surface area contributed by atoms with Crippen LogP contribution in [0.25, 0.3) is 15.9 Å². The monoisotopic (exact) mass is 361 g/mol. The van der Waals surface area contributed by atoms with Crippen molar-refractivity contribution in [2.75, 3.05) is 13.2 Å². The molecule has 8 heteroatoms. The van der Waals surface area contributed by atoms with Crippen molar-refractivity contribution in [3.8, 4) is 5.69 Å². The second-order valence-electron chi connectivity index (χ2n) is 5.33. The summed E-state index contributed by atoms with van der Waals surface area (Å²) in [5.41, 5.74) is 1.45. The van der Waals surface area contributed by atoms with E-state index in [1.807, 2.05) is 6.92 Å². The van der Waals surface area contributed by atoms with Crippen molar-refractivity contribution >= 4 is 33.4 Å². The Morgan fingerprint density at radius 3 is 2.72 bits per heavy atom. The molecule has 130 valence electrons. The molecule has 1 amide bonds. The van der Waals surface area contributed by atoms with E-state index >= 15 is 0 Å². The average Bonchev–Trinajstić information content (AvgIpc) is 3.15. The molecule has 0 fully saturated rings. The van der Waals surface area contributed by atoms with Crippen LogP contribution in [0.15, 0.2) is 30.3 Å². The molecule has 0 bridgehead atoms. The zero-order valence-electron chi connectivity index (χ0n) is 13.7. The maximum absolute atomic E-state index is 13.1. The highest BCUT2D eigenvalue weighted by molar-refractivity contribution is 7.20. The van der Waals surface area contributed by atoms with Crippen molar-refractivity contribution in [3.63, 3.8) is 0 Å². The third kappa shape index (κ3) is 3.53. The van der Waals surface area contributed by atoms with Gasteiger partial charge >= 0.3 is 5.97 Å². The third-order valence-corrected chi connectivity index (χ3v) is 4.62. The number of likely N-dealkylation sites (N-methyl/N-ethyl adjacent to an activating group) is 1. The Kier molecular flexibility index (Phi) is 4.80. The van der Waals surface area contributed by atoms with E-state index in [1.165, 1.54) is 23.5 Å². The Morgan fingerprint density at radius 1 is 1.32 bits per heavy atom. The van der Waals surface area contributed by atoms with Crippen LogP contribution in [0.1, 0.15) is 22.3 Å². The number of aromatic nitrogens is 2. The molecule has 0 saturated heterocycles. The van der Waals surface area contributed by atoms with Crippen LogP contribution in [0.2, 0.25) is 0 Å². The van der Waals surface area contributed by atoms with Crippen molar-refractivity contribution in [2.24, 2.45) is 0 Å². The number of amides is 1. The van der Waals surface area contributed by atoms with Crippen molar-refractivity contribution in [1.29, 1.82) is 0 Å². The van der Waals surface area contributed by atoms with Gasteiger partial charge in [0.2, 0.25) is 0 Å². The molecule has 6 nitrogen and oxygen atoms in total. The topological polar surface area (TPSA) is 73.2 Å². The summed E-state index contributed by atoms with van der Waals surface area (Å²) in [5.74, 6) is -1.23. The average molecular weight is 361 g/mol. The fourth-order valence-corrected chi connectivity index (χ4v) is 3.43. The number of nitrogens with zero attached hydrogens (tertiary/aromatic N) is 2.